The fourth-order valence-electron chi connectivity index (χ4n) is 4.60. The van der Waals surface area contributed by atoms with Crippen molar-refractivity contribution >= 4 is 17.5 Å². The second-order valence-electron chi connectivity index (χ2n) is 9.13. The second-order valence-corrected chi connectivity index (χ2v) is 9.13. The molecular formula is C26H32N8O. The zero-order valence-electron chi connectivity index (χ0n) is 20.0. The number of aryl methyl sites for hydroxylation is 1. The summed E-state index contributed by atoms with van der Waals surface area (Å²) < 4.78 is 0. The summed E-state index contributed by atoms with van der Waals surface area (Å²) in [4.78, 5) is 35.1. The fraction of sp³-hybridized carbons (Fsp3) is 0.423. The van der Waals surface area contributed by atoms with Crippen molar-refractivity contribution in [3.05, 3.63) is 60.2 Å². The van der Waals surface area contributed by atoms with Gasteiger partial charge in [-0.1, -0.05) is 12.1 Å². The quantitative estimate of drug-likeness (QED) is 0.514. The lowest BCUT2D eigenvalue weighted by Crippen LogP contribution is -2.47. The summed E-state index contributed by atoms with van der Waals surface area (Å²) in [6, 6.07) is 12.1. The smallest absolute Gasteiger partial charge is 0.230 e. The third-order valence-electron chi connectivity index (χ3n) is 6.59. The first-order valence-corrected chi connectivity index (χ1v) is 12.4. The number of benzene rings is 1. The van der Waals surface area contributed by atoms with Crippen molar-refractivity contribution in [1.29, 1.82) is 0 Å². The van der Waals surface area contributed by atoms with Crippen molar-refractivity contribution in [2.24, 2.45) is 0 Å². The van der Waals surface area contributed by atoms with Gasteiger partial charge in [0.15, 0.2) is 5.82 Å². The number of hydrogen-bond acceptors (Lipinski definition) is 8. The number of pyridine rings is 1. The van der Waals surface area contributed by atoms with E-state index >= 15 is 0 Å². The number of fused-ring (bicyclic) bond motifs is 9. The first-order chi connectivity index (χ1) is 17.2. The zero-order chi connectivity index (χ0) is 23.9. The molecule has 1 amide bonds. The number of amides is 1. The molecule has 9 heteroatoms. The van der Waals surface area contributed by atoms with Gasteiger partial charge >= 0.3 is 0 Å². The Morgan fingerprint density at radius 3 is 2.57 bits per heavy atom. The molecule has 182 valence electrons. The normalized spacial score (nSPS) is 21.5. The number of rotatable bonds is 0. The van der Waals surface area contributed by atoms with Gasteiger partial charge in [-0.25, -0.2) is 9.97 Å². The van der Waals surface area contributed by atoms with Crippen LogP contribution in [-0.4, -0.2) is 81.5 Å². The molecule has 1 saturated heterocycles. The van der Waals surface area contributed by atoms with Crippen LogP contribution < -0.4 is 10.6 Å². The highest BCUT2D eigenvalue weighted by molar-refractivity contribution is 5.76. The van der Waals surface area contributed by atoms with Gasteiger partial charge in [-0.3, -0.25) is 9.78 Å². The minimum absolute atomic E-state index is 0.118. The Balaban J connectivity index is 1.34. The number of carbonyl (C=O) groups excluding carboxylic acids is 1. The summed E-state index contributed by atoms with van der Waals surface area (Å²) in [5, 5.41) is 6.35. The average molecular weight is 473 g/mol. The van der Waals surface area contributed by atoms with Gasteiger partial charge in [-0.2, -0.15) is 4.98 Å². The fourth-order valence-corrected chi connectivity index (χ4v) is 4.60. The monoisotopic (exact) mass is 472 g/mol. The lowest BCUT2D eigenvalue weighted by molar-refractivity contribution is -0.121. The average Bonchev–Trinajstić information content (AvgIpc) is 2.88. The van der Waals surface area contributed by atoms with Crippen LogP contribution in [0.2, 0.25) is 0 Å². The maximum atomic E-state index is 12.3. The summed E-state index contributed by atoms with van der Waals surface area (Å²) in [6.07, 6.45) is 6.65. The summed E-state index contributed by atoms with van der Waals surface area (Å²) in [6.45, 7) is 6.63. The summed E-state index contributed by atoms with van der Waals surface area (Å²) >= 11 is 0. The van der Waals surface area contributed by atoms with Crippen molar-refractivity contribution in [1.82, 2.24) is 35.1 Å². The van der Waals surface area contributed by atoms with Gasteiger partial charge in [0.2, 0.25) is 11.9 Å². The van der Waals surface area contributed by atoms with Crippen LogP contribution in [0.25, 0.3) is 11.4 Å². The van der Waals surface area contributed by atoms with Crippen LogP contribution in [0.3, 0.4) is 0 Å². The zero-order valence-corrected chi connectivity index (χ0v) is 20.0. The number of piperazine rings is 1. The molecule has 9 nitrogen and oxygen atoms in total. The minimum Gasteiger partial charge on any atom is -0.356 e. The van der Waals surface area contributed by atoms with E-state index in [1.165, 1.54) is 6.33 Å². The van der Waals surface area contributed by atoms with E-state index in [2.05, 4.69) is 58.6 Å². The molecule has 3 aliphatic rings. The van der Waals surface area contributed by atoms with E-state index in [0.717, 1.165) is 81.0 Å². The predicted octanol–water partition coefficient (Wildman–Crippen LogP) is 2.29. The number of nitrogens with zero attached hydrogens (tertiary/aromatic N) is 6. The molecule has 0 saturated carbocycles. The van der Waals surface area contributed by atoms with E-state index in [1.807, 2.05) is 24.4 Å². The van der Waals surface area contributed by atoms with Crippen LogP contribution in [-0.2, 0) is 17.6 Å². The number of carbonyl (C=O) groups is 1. The third-order valence-corrected chi connectivity index (χ3v) is 6.59. The van der Waals surface area contributed by atoms with Crippen molar-refractivity contribution in [2.75, 3.05) is 51.1 Å². The first kappa shape index (κ1) is 23.3. The Morgan fingerprint density at radius 2 is 1.69 bits per heavy atom. The summed E-state index contributed by atoms with van der Waals surface area (Å²) in [5.74, 6) is 1.24. The van der Waals surface area contributed by atoms with E-state index in [0.29, 0.717) is 24.7 Å². The summed E-state index contributed by atoms with van der Waals surface area (Å²) in [7, 11) is 0. The highest BCUT2D eigenvalue weighted by Gasteiger charge is 2.17. The molecule has 5 heterocycles. The number of nitrogens with one attached hydrogen (secondary N) is 2. The minimum atomic E-state index is 0.118. The lowest BCUT2D eigenvalue weighted by Gasteiger charge is -2.34. The van der Waals surface area contributed by atoms with E-state index in [4.69, 9.17) is 0 Å². The number of anilines is 2. The molecule has 2 N–H and O–H groups in total. The highest BCUT2D eigenvalue weighted by Crippen LogP contribution is 2.19. The largest absolute Gasteiger partial charge is 0.356 e. The number of hydrogen-bond donors (Lipinski definition) is 2. The molecule has 0 atom stereocenters. The van der Waals surface area contributed by atoms with Crippen LogP contribution >= 0.6 is 0 Å². The molecule has 3 aliphatic heterocycles. The van der Waals surface area contributed by atoms with Gasteiger partial charge in [-0.15, -0.1) is 0 Å². The standard InChI is InChI=1S/C26H32N8O/c35-24-8-12-34-15-13-33(14-16-34)11-2-5-22-18-21(7-10-27-22)25-29-19-30-26(32-25)31-23-4-1-3-20(17-23)6-9-28-24/h1,3-4,7,10,17-19H,2,5-6,8-9,11-16H2,(H,28,35)(H,29,30,31,32). The molecule has 1 fully saturated rings. The Hall–Kier alpha value is -3.43. The lowest BCUT2D eigenvalue weighted by atomic mass is 10.1. The van der Waals surface area contributed by atoms with Crippen LogP contribution in [0.1, 0.15) is 24.1 Å². The topological polar surface area (TPSA) is 99.2 Å². The molecule has 0 unspecified atom stereocenters. The van der Waals surface area contributed by atoms with Crippen LogP contribution in [0.5, 0.6) is 0 Å². The first-order valence-electron chi connectivity index (χ1n) is 12.4. The molecule has 0 aliphatic carbocycles. The molecule has 2 aromatic heterocycles. The highest BCUT2D eigenvalue weighted by atomic mass is 16.1. The van der Waals surface area contributed by atoms with Gasteiger partial charge in [0.25, 0.3) is 0 Å². The predicted molar refractivity (Wildman–Crippen MR) is 135 cm³/mol. The van der Waals surface area contributed by atoms with Crippen molar-refractivity contribution in [2.45, 2.75) is 25.7 Å². The Bertz CT molecular complexity index is 1150. The third kappa shape index (κ3) is 6.58. The van der Waals surface area contributed by atoms with Gasteiger partial charge in [0.1, 0.15) is 6.33 Å². The maximum Gasteiger partial charge on any atom is 0.230 e. The SMILES string of the molecule is O=C1CCN2CCN(CCCc3cc(ccn3)-c3ncnc(n3)Nc3cccc(c3)CCN1)CC2. The van der Waals surface area contributed by atoms with Crippen LogP contribution in [0.15, 0.2) is 48.9 Å². The van der Waals surface area contributed by atoms with Crippen molar-refractivity contribution in [3.63, 3.8) is 0 Å². The molecule has 0 radical (unpaired) electrons. The Labute approximate surface area is 206 Å². The van der Waals surface area contributed by atoms with Gasteiger partial charge < -0.3 is 20.4 Å². The van der Waals surface area contributed by atoms with E-state index < -0.39 is 0 Å². The number of aromatic nitrogens is 4. The maximum absolute atomic E-state index is 12.3. The molecule has 6 rings (SSSR count). The molecule has 35 heavy (non-hydrogen) atoms. The molecular weight excluding hydrogens is 440 g/mol. The van der Waals surface area contributed by atoms with E-state index in [9.17, 15) is 4.79 Å². The van der Waals surface area contributed by atoms with Crippen molar-refractivity contribution in [3.8, 4) is 11.4 Å². The molecule has 3 aromatic rings. The summed E-state index contributed by atoms with van der Waals surface area (Å²) in [5.41, 5.74) is 4.03. The molecule has 1 aromatic carbocycles. The van der Waals surface area contributed by atoms with Gasteiger partial charge in [-0.05, 0) is 55.6 Å². The van der Waals surface area contributed by atoms with Gasteiger partial charge in [0.05, 0.1) is 0 Å². The van der Waals surface area contributed by atoms with Gasteiger partial charge in [0, 0.05) is 68.8 Å². The Kier molecular flexibility index (Phi) is 7.55. The van der Waals surface area contributed by atoms with Crippen LogP contribution in [0.4, 0.5) is 11.6 Å². The van der Waals surface area contributed by atoms with Crippen LogP contribution in [0, 0.1) is 0 Å². The Morgan fingerprint density at radius 1 is 0.829 bits per heavy atom. The second kappa shape index (κ2) is 11.3. The van der Waals surface area contributed by atoms with Crippen molar-refractivity contribution < 1.29 is 4.79 Å². The molecule has 8 bridgehead atoms. The van der Waals surface area contributed by atoms with E-state index in [1.54, 1.807) is 0 Å². The van der Waals surface area contributed by atoms with E-state index in [-0.39, 0.29) is 5.91 Å². The molecule has 0 spiro atoms.